The minimum atomic E-state index is -0.886. The number of hydrogen-bond acceptors (Lipinski definition) is 1. The first-order chi connectivity index (χ1) is 8.70. The zero-order valence-electron chi connectivity index (χ0n) is 10.3. The van der Waals surface area contributed by atoms with Crippen molar-refractivity contribution in [1.29, 1.82) is 0 Å². The highest BCUT2D eigenvalue weighted by molar-refractivity contribution is 6.12. The average Bonchev–Trinajstić information content (AvgIpc) is 2.39. The molecule has 0 fully saturated rings. The van der Waals surface area contributed by atoms with Crippen molar-refractivity contribution in [2.45, 2.75) is 0 Å². The summed E-state index contributed by atoms with van der Waals surface area (Å²) >= 11 is 0. The van der Waals surface area contributed by atoms with Crippen LogP contribution < -0.4 is 17.0 Å². The van der Waals surface area contributed by atoms with E-state index in [9.17, 15) is 9.90 Å². The lowest BCUT2D eigenvalue weighted by atomic mass is 10.0. The lowest BCUT2D eigenvalue weighted by molar-refractivity contribution is -0.617. The number of pyridine rings is 1. The summed E-state index contributed by atoms with van der Waals surface area (Å²) < 4.78 is 2.02. The molecule has 0 bridgehead atoms. The van der Waals surface area contributed by atoms with Gasteiger partial charge in [-0.15, -0.1) is 0 Å². The fourth-order valence-corrected chi connectivity index (χ4v) is 2.46. The van der Waals surface area contributed by atoms with Gasteiger partial charge in [0.25, 0.3) is 0 Å². The number of fused-ring (bicyclic) bond motifs is 2. The minimum absolute atomic E-state index is 0. The largest absolute Gasteiger partial charge is 1.00 e. The molecule has 1 N–H and O–H groups in total. The van der Waals surface area contributed by atoms with Crippen molar-refractivity contribution in [3.8, 4) is 0 Å². The van der Waals surface area contributed by atoms with Crippen LogP contribution in [0.25, 0.3) is 21.8 Å². The van der Waals surface area contributed by atoms with Gasteiger partial charge in [-0.25, -0.2) is 4.79 Å². The van der Waals surface area contributed by atoms with Crippen molar-refractivity contribution in [1.82, 2.24) is 0 Å². The highest BCUT2D eigenvalue weighted by Crippen LogP contribution is 2.24. The third-order valence-electron chi connectivity index (χ3n) is 3.28. The molecular weight excluding hydrogens is 262 g/mol. The smallest absolute Gasteiger partial charge is 0.337 e. The van der Waals surface area contributed by atoms with Crippen LogP contribution in [0.5, 0.6) is 0 Å². The lowest BCUT2D eigenvalue weighted by Crippen LogP contribution is -3.00. The molecule has 0 unspecified atom stereocenters. The number of rotatable bonds is 1. The fraction of sp³-hybridized carbons (Fsp3) is 0.0667. The van der Waals surface area contributed by atoms with Gasteiger partial charge in [0.05, 0.1) is 16.3 Å². The Morgan fingerprint density at radius 1 is 0.947 bits per heavy atom. The zero-order chi connectivity index (χ0) is 12.7. The van der Waals surface area contributed by atoms with E-state index < -0.39 is 5.97 Å². The fourth-order valence-electron chi connectivity index (χ4n) is 2.46. The Morgan fingerprint density at radius 2 is 1.37 bits per heavy atom. The quantitative estimate of drug-likeness (QED) is 0.481. The van der Waals surface area contributed by atoms with E-state index in [-0.39, 0.29) is 12.4 Å². The third-order valence-corrected chi connectivity index (χ3v) is 3.28. The normalized spacial score (nSPS) is 10.4. The molecule has 2 aromatic carbocycles. The van der Waals surface area contributed by atoms with Gasteiger partial charge in [0.15, 0.2) is 0 Å². The predicted molar refractivity (Wildman–Crippen MR) is 69.6 cm³/mol. The van der Waals surface area contributed by atoms with Crippen LogP contribution >= 0.6 is 0 Å². The van der Waals surface area contributed by atoms with E-state index in [1.54, 1.807) is 0 Å². The van der Waals surface area contributed by atoms with Gasteiger partial charge in [-0.1, -0.05) is 24.3 Å². The molecule has 3 rings (SSSR count). The summed E-state index contributed by atoms with van der Waals surface area (Å²) in [5.74, 6) is -0.886. The average molecular weight is 274 g/mol. The van der Waals surface area contributed by atoms with Gasteiger partial charge in [0.1, 0.15) is 7.05 Å². The van der Waals surface area contributed by atoms with Crippen molar-refractivity contribution in [2.75, 3.05) is 0 Å². The number of para-hydroxylation sites is 2. The molecule has 0 spiro atoms. The molecule has 4 heteroatoms. The maximum Gasteiger partial charge on any atom is 0.337 e. The summed E-state index contributed by atoms with van der Waals surface area (Å²) in [6.07, 6.45) is 0. The Balaban J connectivity index is 0.00000133. The van der Waals surface area contributed by atoms with Gasteiger partial charge in [-0.3, -0.25) is 0 Å². The van der Waals surface area contributed by atoms with E-state index in [1.807, 2.05) is 60.1 Å². The zero-order valence-corrected chi connectivity index (χ0v) is 11.1. The van der Waals surface area contributed by atoms with E-state index in [2.05, 4.69) is 0 Å². The monoisotopic (exact) mass is 273 g/mol. The highest BCUT2D eigenvalue weighted by atomic mass is 35.5. The second-order valence-corrected chi connectivity index (χ2v) is 4.27. The van der Waals surface area contributed by atoms with Gasteiger partial charge in [0.2, 0.25) is 11.0 Å². The van der Waals surface area contributed by atoms with Crippen molar-refractivity contribution in [3.63, 3.8) is 0 Å². The highest BCUT2D eigenvalue weighted by Gasteiger charge is 2.20. The first kappa shape index (κ1) is 13.3. The van der Waals surface area contributed by atoms with E-state index in [0.717, 1.165) is 21.8 Å². The van der Waals surface area contributed by atoms with Gasteiger partial charge in [-0.05, 0) is 12.1 Å². The van der Waals surface area contributed by atoms with Crippen molar-refractivity contribution >= 4 is 27.8 Å². The molecule has 96 valence electrons. The number of aryl methyl sites for hydroxylation is 1. The van der Waals surface area contributed by atoms with Crippen LogP contribution in [0.1, 0.15) is 10.4 Å². The summed E-state index contributed by atoms with van der Waals surface area (Å²) in [4.78, 5) is 11.5. The molecular formula is C15H12ClNO2. The maximum atomic E-state index is 11.5. The summed E-state index contributed by atoms with van der Waals surface area (Å²) in [6.45, 7) is 0. The van der Waals surface area contributed by atoms with Crippen LogP contribution in [-0.4, -0.2) is 11.1 Å². The predicted octanol–water partition coefficient (Wildman–Crippen LogP) is -0.480. The van der Waals surface area contributed by atoms with Gasteiger partial charge < -0.3 is 17.5 Å². The topological polar surface area (TPSA) is 41.2 Å². The SMILES string of the molecule is C[n+]1c2ccccc2c(C(=O)O)c2ccccc21.[Cl-]. The minimum Gasteiger partial charge on any atom is -1.00 e. The number of nitrogens with zero attached hydrogens (tertiary/aromatic N) is 1. The number of aromatic carboxylic acids is 1. The molecule has 1 heterocycles. The Bertz CT molecular complexity index is 727. The second-order valence-electron chi connectivity index (χ2n) is 4.27. The van der Waals surface area contributed by atoms with Crippen LogP contribution in [0.4, 0.5) is 0 Å². The van der Waals surface area contributed by atoms with Crippen LogP contribution in [0.2, 0.25) is 0 Å². The van der Waals surface area contributed by atoms with Crippen molar-refractivity contribution in [2.24, 2.45) is 7.05 Å². The van der Waals surface area contributed by atoms with Crippen LogP contribution in [0.15, 0.2) is 48.5 Å². The first-order valence-corrected chi connectivity index (χ1v) is 5.73. The van der Waals surface area contributed by atoms with Gasteiger partial charge >= 0.3 is 5.97 Å². The number of carboxylic acid groups (broad SMARTS) is 1. The van der Waals surface area contributed by atoms with E-state index in [0.29, 0.717) is 5.56 Å². The van der Waals surface area contributed by atoms with Gasteiger partial charge in [-0.2, -0.15) is 4.57 Å². The number of carbonyl (C=O) groups is 1. The molecule has 0 saturated heterocycles. The van der Waals surface area contributed by atoms with E-state index >= 15 is 0 Å². The number of carboxylic acids is 1. The van der Waals surface area contributed by atoms with Crippen LogP contribution in [0.3, 0.4) is 0 Å². The number of benzene rings is 2. The summed E-state index contributed by atoms with van der Waals surface area (Å²) in [5, 5.41) is 11.0. The second kappa shape index (κ2) is 4.86. The summed E-state index contributed by atoms with van der Waals surface area (Å²) in [7, 11) is 1.95. The standard InChI is InChI=1S/C15H11NO2.ClH/c1-16-12-8-4-2-6-10(12)14(15(17)18)11-7-3-5-9-13(11)16;/h2-9H,1H3;1H. The Morgan fingerprint density at radius 3 is 1.79 bits per heavy atom. The third kappa shape index (κ3) is 1.92. The molecule has 3 aromatic rings. The first-order valence-electron chi connectivity index (χ1n) is 5.73. The number of hydrogen-bond donors (Lipinski definition) is 1. The van der Waals surface area contributed by atoms with Crippen LogP contribution in [-0.2, 0) is 7.05 Å². The molecule has 0 aliphatic carbocycles. The van der Waals surface area contributed by atoms with Crippen LogP contribution in [0, 0.1) is 0 Å². The van der Waals surface area contributed by atoms with Crippen molar-refractivity contribution in [3.05, 3.63) is 54.1 Å². The molecule has 19 heavy (non-hydrogen) atoms. The molecule has 0 aliphatic rings. The molecule has 0 saturated carbocycles. The summed E-state index contributed by atoms with van der Waals surface area (Å²) in [5.41, 5.74) is 2.22. The van der Waals surface area contributed by atoms with Crippen molar-refractivity contribution < 1.29 is 26.9 Å². The molecule has 0 atom stereocenters. The molecule has 0 amide bonds. The number of aromatic nitrogens is 1. The number of halogens is 1. The Hall–Kier alpha value is -2.13. The molecule has 0 aliphatic heterocycles. The Labute approximate surface area is 116 Å². The molecule has 0 radical (unpaired) electrons. The maximum absolute atomic E-state index is 11.5. The molecule has 1 aromatic heterocycles. The summed E-state index contributed by atoms with van der Waals surface area (Å²) in [6, 6.07) is 15.2. The van der Waals surface area contributed by atoms with Gasteiger partial charge in [0, 0.05) is 12.1 Å². The lowest BCUT2D eigenvalue weighted by Gasteiger charge is -2.06. The van der Waals surface area contributed by atoms with E-state index in [4.69, 9.17) is 0 Å². The Kier molecular flexibility index (Phi) is 3.40. The van der Waals surface area contributed by atoms with E-state index in [1.165, 1.54) is 0 Å². The molecule has 3 nitrogen and oxygen atoms in total.